The van der Waals surface area contributed by atoms with E-state index >= 15 is 0 Å². The third-order valence-corrected chi connectivity index (χ3v) is 4.07. The van der Waals surface area contributed by atoms with Crippen molar-refractivity contribution in [2.75, 3.05) is 6.54 Å². The summed E-state index contributed by atoms with van der Waals surface area (Å²) in [5.74, 6) is 1.58. The molecule has 2 aliphatic heterocycles. The standard InChI is InChI=1S/C12H17NO2/c1-8-10-6-5-9-4-2-3-7-13(11(9)10)12(14)15-8/h9,11H,2-7H2,1H3/t9-,11-/m1/s1. The van der Waals surface area contributed by atoms with Crippen LogP contribution in [-0.4, -0.2) is 23.6 Å². The lowest BCUT2D eigenvalue weighted by molar-refractivity contribution is 0.0951. The quantitative estimate of drug-likeness (QED) is 0.611. The van der Waals surface area contributed by atoms with E-state index in [1.54, 1.807) is 0 Å². The SMILES string of the molecule is CC1=C2CC[C@H]3CCCCN(C(=O)O1)[C@@H]23. The molecule has 1 amide bonds. The highest BCUT2D eigenvalue weighted by Crippen LogP contribution is 2.43. The molecule has 3 aliphatic rings. The van der Waals surface area contributed by atoms with Gasteiger partial charge in [-0.2, -0.15) is 0 Å². The molecule has 0 bridgehead atoms. The number of rotatable bonds is 0. The molecule has 1 saturated carbocycles. The Morgan fingerprint density at radius 1 is 1.33 bits per heavy atom. The van der Waals surface area contributed by atoms with Crippen molar-refractivity contribution in [3.8, 4) is 0 Å². The van der Waals surface area contributed by atoms with Gasteiger partial charge in [-0.05, 0) is 44.1 Å². The summed E-state index contributed by atoms with van der Waals surface area (Å²) in [6.45, 7) is 2.83. The molecule has 2 heterocycles. The first-order valence-electron chi connectivity index (χ1n) is 5.95. The molecule has 0 radical (unpaired) electrons. The smallest absolute Gasteiger partial charge is 0.415 e. The maximum absolute atomic E-state index is 11.8. The highest BCUT2D eigenvalue weighted by Gasteiger charge is 2.44. The summed E-state index contributed by atoms with van der Waals surface area (Å²) < 4.78 is 5.31. The van der Waals surface area contributed by atoms with Crippen LogP contribution in [0.1, 0.15) is 39.0 Å². The molecule has 0 N–H and O–H groups in total. The zero-order valence-corrected chi connectivity index (χ0v) is 9.16. The molecule has 2 fully saturated rings. The Balaban J connectivity index is 2.02. The number of amides is 1. The van der Waals surface area contributed by atoms with E-state index in [0.29, 0.717) is 12.0 Å². The lowest BCUT2D eigenvalue weighted by Gasteiger charge is -2.35. The van der Waals surface area contributed by atoms with Gasteiger partial charge in [0.2, 0.25) is 0 Å². The molecule has 1 saturated heterocycles. The molecule has 0 aromatic heterocycles. The summed E-state index contributed by atoms with van der Waals surface area (Å²) >= 11 is 0. The zero-order valence-electron chi connectivity index (χ0n) is 9.16. The summed E-state index contributed by atoms with van der Waals surface area (Å²) in [6, 6.07) is 0.383. The first-order chi connectivity index (χ1) is 7.27. The van der Waals surface area contributed by atoms with Crippen molar-refractivity contribution in [1.82, 2.24) is 4.90 Å². The molecule has 0 aromatic carbocycles. The Kier molecular flexibility index (Phi) is 2.01. The Labute approximate surface area is 90.1 Å². The van der Waals surface area contributed by atoms with Gasteiger partial charge in [0.1, 0.15) is 5.76 Å². The monoisotopic (exact) mass is 207 g/mol. The van der Waals surface area contributed by atoms with Crippen molar-refractivity contribution in [3.05, 3.63) is 11.3 Å². The topological polar surface area (TPSA) is 29.5 Å². The highest BCUT2D eigenvalue weighted by atomic mass is 16.6. The fraction of sp³-hybridized carbons (Fsp3) is 0.750. The Morgan fingerprint density at radius 3 is 3.07 bits per heavy atom. The van der Waals surface area contributed by atoms with Crippen LogP contribution in [0.5, 0.6) is 0 Å². The molecule has 0 aromatic rings. The normalized spacial score (nSPS) is 35.0. The summed E-state index contributed by atoms with van der Waals surface area (Å²) in [4.78, 5) is 13.7. The number of carbonyl (C=O) groups excluding carboxylic acids is 1. The summed E-state index contributed by atoms with van der Waals surface area (Å²) in [6.07, 6.45) is 5.93. The average Bonchev–Trinajstić information content (AvgIpc) is 2.50. The van der Waals surface area contributed by atoms with Crippen LogP contribution in [0.15, 0.2) is 11.3 Å². The average molecular weight is 207 g/mol. The number of allylic oxidation sites excluding steroid dienone is 1. The molecule has 82 valence electrons. The molecular weight excluding hydrogens is 190 g/mol. The van der Waals surface area contributed by atoms with E-state index in [-0.39, 0.29) is 6.09 Å². The van der Waals surface area contributed by atoms with Crippen LogP contribution in [0.4, 0.5) is 4.79 Å². The van der Waals surface area contributed by atoms with E-state index in [0.717, 1.165) is 25.1 Å². The van der Waals surface area contributed by atoms with Gasteiger partial charge >= 0.3 is 6.09 Å². The van der Waals surface area contributed by atoms with E-state index in [1.165, 1.54) is 24.8 Å². The summed E-state index contributed by atoms with van der Waals surface area (Å²) in [7, 11) is 0. The van der Waals surface area contributed by atoms with Gasteiger partial charge in [0.15, 0.2) is 0 Å². The summed E-state index contributed by atoms with van der Waals surface area (Å²) in [5, 5.41) is 0. The number of hydrogen-bond donors (Lipinski definition) is 0. The van der Waals surface area contributed by atoms with E-state index in [2.05, 4.69) is 0 Å². The van der Waals surface area contributed by atoms with Crippen LogP contribution < -0.4 is 0 Å². The van der Waals surface area contributed by atoms with Gasteiger partial charge in [-0.25, -0.2) is 4.79 Å². The maximum Gasteiger partial charge on any atom is 0.415 e. The first-order valence-corrected chi connectivity index (χ1v) is 5.95. The van der Waals surface area contributed by atoms with Gasteiger partial charge in [0, 0.05) is 6.54 Å². The van der Waals surface area contributed by atoms with Crippen LogP contribution in [0, 0.1) is 5.92 Å². The van der Waals surface area contributed by atoms with E-state index in [1.807, 2.05) is 11.8 Å². The zero-order chi connectivity index (χ0) is 10.4. The number of hydrogen-bond acceptors (Lipinski definition) is 2. The van der Waals surface area contributed by atoms with Crippen molar-refractivity contribution in [2.24, 2.45) is 5.92 Å². The predicted octanol–water partition coefficient (Wildman–Crippen LogP) is 2.68. The Hall–Kier alpha value is -0.990. The molecule has 0 unspecified atom stereocenters. The highest BCUT2D eigenvalue weighted by molar-refractivity contribution is 5.72. The summed E-state index contributed by atoms with van der Waals surface area (Å²) in [5.41, 5.74) is 1.39. The largest absolute Gasteiger partial charge is 0.415 e. The fourth-order valence-electron chi connectivity index (χ4n) is 3.35. The van der Waals surface area contributed by atoms with Crippen LogP contribution in [0.25, 0.3) is 0 Å². The van der Waals surface area contributed by atoms with Gasteiger partial charge in [-0.1, -0.05) is 6.42 Å². The second-order valence-corrected chi connectivity index (χ2v) is 4.88. The Bertz CT molecular complexity index is 335. The molecule has 0 spiro atoms. The molecule has 1 aliphatic carbocycles. The van der Waals surface area contributed by atoms with Crippen molar-refractivity contribution in [1.29, 1.82) is 0 Å². The van der Waals surface area contributed by atoms with Gasteiger partial charge in [-0.3, -0.25) is 0 Å². The van der Waals surface area contributed by atoms with Crippen molar-refractivity contribution in [3.63, 3.8) is 0 Å². The number of carbonyl (C=O) groups is 1. The fourth-order valence-corrected chi connectivity index (χ4v) is 3.35. The minimum Gasteiger partial charge on any atom is -0.415 e. The van der Waals surface area contributed by atoms with Gasteiger partial charge in [0.25, 0.3) is 0 Å². The van der Waals surface area contributed by atoms with Crippen molar-refractivity contribution in [2.45, 2.75) is 45.1 Å². The van der Waals surface area contributed by atoms with Gasteiger partial charge in [0.05, 0.1) is 6.04 Å². The minimum absolute atomic E-state index is 0.116. The maximum atomic E-state index is 11.8. The molecule has 3 heteroatoms. The van der Waals surface area contributed by atoms with Gasteiger partial charge < -0.3 is 9.64 Å². The van der Waals surface area contributed by atoms with E-state index in [9.17, 15) is 4.79 Å². The first kappa shape index (κ1) is 9.25. The third kappa shape index (κ3) is 1.29. The molecular formula is C12H17NO2. The minimum atomic E-state index is -0.116. The second kappa shape index (κ2) is 3.26. The molecule has 15 heavy (non-hydrogen) atoms. The van der Waals surface area contributed by atoms with Crippen LogP contribution in [0.2, 0.25) is 0 Å². The predicted molar refractivity (Wildman–Crippen MR) is 56.3 cm³/mol. The van der Waals surface area contributed by atoms with Gasteiger partial charge in [-0.15, -0.1) is 0 Å². The van der Waals surface area contributed by atoms with Crippen LogP contribution >= 0.6 is 0 Å². The van der Waals surface area contributed by atoms with Crippen LogP contribution in [0.3, 0.4) is 0 Å². The van der Waals surface area contributed by atoms with E-state index in [4.69, 9.17) is 4.74 Å². The van der Waals surface area contributed by atoms with Crippen molar-refractivity contribution >= 4 is 6.09 Å². The molecule has 3 rings (SSSR count). The lowest BCUT2D eigenvalue weighted by Crippen LogP contribution is -2.45. The third-order valence-electron chi connectivity index (χ3n) is 4.07. The Morgan fingerprint density at radius 2 is 2.20 bits per heavy atom. The lowest BCUT2D eigenvalue weighted by atomic mass is 9.96. The second-order valence-electron chi connectivity index (χ2n) is 4.88. The number of cyclic esters (lactones) is 1. The number of ether oxygens (including phenoxy) is 1. The number of nitrogens with zero attached hydrogens (tertiary/aromatic N) is 1. The van der Waals surface area contributed by atoms with Crippen molar-refractivity contribution < 1.29 is 9.53 Å². The molecule has 3 nitrogen and oxygen atoms in total. The molecule has 2 atom stereocenters. The van der Waals surface area contributed by atoms with Crippen LogP contribution in [-0.2, 0) is 4.74 Å². The van der Waals surface area contributed by atoms with E-state index < -0.39 is 0 Å².